The van der Waals surface area contributed by atoms with Crippen LogP contribution in [0.4, 0.5) is 5.82 Å². The number of benzene rings is 1. The summed E-state index contributed by atoms with van der Waals surface area (Å²) in [4.78, 5) is 12.8. The van der Waals surface area contributed by atoms with Gasteiger partial charge in [0.15, 0.2) is 11.6 Å². The van der Waals surface area contributed by atoms with Crippen molar-refractivity contribution in [2.45, 2.75) is 36.2 Å². The number of fused-ring (bicyclic) bond motifs is 1. The van der Waals surface area contributed by atoms with Crippen molar-refractivity contribution in [2.75, 3.05) is 12.3 Å². The fourth-order valence-electron chi connectivity index (χ4n) is 4.02. The molecule has 0 radical (unpaired) electrons. The zero-order valence-electron chi connectivity index (χ0n) is 15.7. The Balaban J connectivity index is 1.53. The Labute approximate surface area is 167 Å². The number of hydrogen-bond acceptors (Lipinski definition) is 8. The molecule has 0 amide bonds. The summed E-state index contributed by atoms with van der Waals surface area (Å²) < 4.78 is 30.3. The van der Waals surface area contributed by atoms with E-state index in [0.29, 0.717) is 29.7 Å². The van der Waals surface area contributed by atoms with Gasteiger partial charge in [-0.3, -0.25) is 0 Å². The maximum atomic E-state index is 13.0. The minimum absolute atomic E-state index is 0.198. The van der Waals surface area contributed by atoms with Gasteiger partial charge in [-0.2, -0.15) is 9.78 Å². The van der Waals surface area contributed by atoms with Gasteiger partial charge in [-0.25, -0.2) is 28.1 Å². The predicted octanol–water partition coefficient (Wildman–Crippen LogP) is 0.398. The van der Waals surface area contributed by atoms with Gasteiger partial charge in [-0.05, 0) is 37.5 Å². The fourth-order valence-corrected chi connectivity index (χ4v) is 5.47. The van der Waals surface area contributed by atoms with Gasteiger partial charge in [-0.1, -0.05) is 6.07 Å². The van der Waals surface area contributed by atoms with Gasteiger partial charge >= 0.3 is 0 Å². The number of anilines is 1. The maximum Gasteiger partial charge on any atom is 0.241 e. The molecule has 6 rings (SSSR count). The van der Waals surface area contributed by atoms with Crippen LogP contribution in [0, 0.1) is 6.92 Å². The number of aromatic nitrogens is 5. The summed E-state index contributed by atoms with van der Waals surface area (Å²) in [5.41, 5.74) is 7.60. The number of nitrogen functional groups attached to an aromatic ring is 1. The van der Waals surface area contributed by atoms with Crippen molar-refractivity contribution in [1.82, 2.24) is 34.8 Å². The lowest BCUT2D eigenvalue weighted by molar-refractivity contribution is 0.279. The lowest BCUT2D eigenvalue weighted by Crippen LogP contribution is -2.54. The molecule has 1 aromatic carbocycles. The molecule has 29 heavy (non-hydrogen) atoms. The summed E-state index contributed by atoms with van der Waals surface area (Å²) in [5, 5.41) is 7.35. The molecule has 150 valence electrons. The third-order valence-corrected chi connectivity index (χ3v) is 7.14. The SMILES string of the molecule is Cc1ccc(S(=O)(=O)NC23CNC(C2)C3)cc1-c1cnc(N)c(-n2cncn2)n1. The van der Waals surface area contributed by atoms with Crippen molar-refractivity contribution in [3.63, 3.8) is 0 Å². The fraction of sp³-hybridized carbons (Fsp3) is 0.333. The molecule has 2 bridgehead atoms. The molecule has 11 heteroatoms. The number of aryl methyl sites for hydroxylation is 1. The summed E-state index contributed by atoms with van der Waals surface area (Å²) in [6.45, 7) is 2.56. The monoisotopic (exact) mass is 412 g/mol. The minimum atomic E-state index is -3.66. The van der Waals surface area contributed by atoms with Crippen LogP contribution in [-0.4, -0.2) is 51.3 Å². The molecule has 3 fully saturated rings. The Kier molecular flexibility index (Phi) is 3.95. The highest BCUT2D eigenvalue weighted by Crippen LogP contribution is 2.39. The van der Waals surface area contributed by atoms with Gasteiger partial charge in [0, 0.05) is 23.7 Å². The summed E-state index contributed by atoms with van der Waals surface area (Å²) in [6.07, 6.45) is 6.03. The van der Waals surface area contributed by atoms with Crippen molar-refractivity contribution in [1.29, 1.82) is 0 Å². The second kappa shape index (κ2) is 6.31. The number of nitrogens with two attached hydrogens (primary N) is 1. The molecule has 2 aliphatic heterocycles. The average molecular weight is 412 g/mol. The molecule has 2 aromatic heterocycles. The second-order valence-corrected chi connectivity index (χ2v) is 9.34. The lowest BCUT2D eigenvalue weighted by atomic mass is 9.79. The first-order valence-electron chi connectivity index (χ1n) is 9.21. The first kappa shape index (κ1) is 18.2. The van der Waals surface area contributed by atoms with Crippen LogP contribution in [0.1, 0.15) is 18.4 Å². The van der Waals surface area contributed by atoms with Crippen LogP contribution in [0.25, 0.3) is 17.1 Å². The maximum absolute atomic E-state index is 13.0. The van der Waals surface area contributed by atoms with Gasteiger partial charge < -0.3 is 11.1 Å². The lowest BCUT2D eigenvalue weighted by Gasteiger charge is -2.37. The summed E-state index contributed by atoms with van der Waals surface area (Å²) in [5.74, 6) is 0.539. The topological polar surface area (TPSA) is 141 Å². The van der Waals surface area contributed by atoms with E-state index >= 15 is 0 Å². The molecule has 4 heterocycles. The average Bonchev–Trinajstić information content (AvgIpc) is 3.39. The van der Waals surface area contributed by atoms with Crippen LogP contribution in [0.5, 0.6) is 0 Å². The molecule has 3 aliphatic rings. The molecule has 3 aromatic rings. The zero-order chi connectivity index (χ0) is 20.2. The number of nitrogens with one attached hydrogen (secondary N) is 2. The Morgan fingerprint density at radius 1 is 1.34 bits per heavy atom. The van der Waals surface area contributed by atoms with Crippen LogP contribution in [0.15, 0.2) is 41.9 Å². The quantitative estimate of drug-likeness (QED) is 0.547. The van der Waals surface area contributed by atoms with Crippen LogP contribution < -0.4 is 15.8 Å². The van der Waals surface area contributed by atoms with E-state index in [0.717, 1.165) is 18.4 Å². The van der Waals surface area contributed by atoms with E-state index in [9.17, 15) is 8.42 Å². The molecule has 10 nitrogen and oxygen atoms in total. The normalized spacial score (nSPS) is 23.1. The van der Waals surface area contributed by atoms with Gasteiger partial charge in [0.25, 0.3) is 0 Å². The highest BCUT2D eigenvalue weighted by molar-refractivity contribution is 7.89. The first-order valence-corrected chi connectivity index (χ1v) is 10.7. The van der Waals surface area contributed by atoms with Crippen molar-refractivity contribution in [2.24, 2.45) is 0 Å². The van der Waals surface area contributed by atoms with Crippen LogP contribution in [-0.2, 0) is 10.0 Å². The van der Waals surface area contributed by atoms with E-state index in [1.54, 1.807) is 18.2 Å². The summed E-state index contributed by atoms with van der Waals surface area (Å²) in [6, 6.07) is 5.43. The van der Waals surface area contributed by atoms with E-state index in [2.05, 4.69) is 30.1 Å². The minimum Gasteiger partial charge on any atom is -0.381 e. The smallest absolute Gasteiger partial charge is 0.241 e. The molecular formula is C18H20N8O2S. The molecule has 2 saturated heterocycles. The highest BCUT2D eigenvalue weighted by atomic mass is 32.2. The van der Waals surface area contributed by atoms with E-state index in [-0.39, 0.29) is 16.3 Å². The molecule has 0 atom stereocenters. The largest absolute Gasteiger partial charge is 0.381 e. The summed E-state index contributed by atoms with van der Waals surface area (Å²) >= 11 is 0. The van der Waals surface area contributed by atoms with Gasteiger partial charge in [0.1, 0.15) is 12.7 Å². The highest BCUT2D eigenvalue weighted by Gasteiger charge is 2.52. The number of rotatable bonds is 5. The molecular weight excluding hydrogens is 392 g/mol. The van der Waals surface area contributed by atoms with E-state index < -0.39 is 10.0 Å². The Morgan fingerprint density at radius 2 is 2.17 bits per heavy atom. The number of sulfonamides is 1. The Bertz CT molecular complexity index is 1180. The number of hydrogen-bond donors (Lipinski definition) is 3. The molecule has 4 N–H and O–H groups in total. The molecule has 1 aliphatic carbocycles. The van der Waals surface area contributed by atoms with Crippen LogP contribution in [0.3, 0.4) is 0 Å². The van der Waals surface area contributed by atoms with Gasteiger partial charge in [0.05, 0.1) is 16.8 Å². The summed E-state index contributed by atoms with van der Waals surface area (Å²) in [7, 11) is -3.66. The third kappa shape index (κ3) is 3.07. The number of nitrogens with zero attached hydrogens (tertiary/aromatic N) is 5. The Hall–Kier alpha value is -2.89. The van der Waals surface area contributed by atoms with Gasteiger partial charge in [0.2, 0.25) is 10.0 Å². The molecule has 1 saturated carbocycles. The van der Waals surface area contributed by atoms with Crippen molar-refractivity contribution < 1.29 is 8.42 Å². The Morgan fingerprint density at radius 3 is 2.86 bits per heavy atom. The van der Waals surface area contributed by atoms with E-state index in [1.165, 1.54) is 23.5 Å². The third-order valence-electron chi connectivity index (χ3n) is 5.57. The van der Waals surface area contributed by atoms with Crippen LogP contribution >= 0.6 is 0 Å². The van der Waals surface area contributed by atoms with Crippen molar-refractivity contribution in [3.05, 3.63) is 42.6 Å². The van der Waals surface area contributed by atoms with Gasteiger partial charge in [-0.15, -0.1) is 0 Å². The zero-order valence-corrected chi connectivity index (χ0v) is 16.5. The van der Waals surface area contributed by atoms with Crippen LogP contribution in [0.2, 0.25) is 0 Å². The van der Waals surface area contributed by atoms with E-state index in [1.807, 2.05) is 6.92 Å². The first-order chi connectivity index (χ1) is 13.9. The predicted molar refractivity (Wildman–Crippen MR) is 106 cm³/mol. The van der Waals surface area contributed by atoms with Crippen molar-refractivity contribution >= 4 is 15.8 Å². The molecule has 0 spiro atoms. The van der Waals surface area contributed by atoms with Crippen molar-refractivity contribution in [3.8, 4) is 17.1 Å². The second-order valence-electron chi connectivity index (χ2n) is 7.65. The standard InChI is InChI=1S/C18H20N8O2S/c1-11-2-3-13(29(27,28)25-18-5-12(6-18)22-8-18)4-14(11)15-7-21-16(19)17(24-15)26-10-20-9-23-26/h2-4,7,9-10,12,22,25H,5-6,8H2,1H3,(H2,19,21). The van der Waals surface area contributed by atoms with E-state index in [4.69, 9.17) is 5.73 Å². The molecule has 0 unspecified atom stereocenters.